The first-order valence-electron chi connectivity index (χ1n) is 6.94. The van der Waals surface area contributed by atoms with Crippen molar-refractivity contribution >= 4 is 5.96 Å². The molecule has 0 aliphatic heterocycles. The maximum atomic E-state index is 13.0. The molecule has 0 fully saturated rings. The van der Waals surface area contributed by atoms with Gasteiger partial charge in [-0.15, -0.1) is 0 Å². The fourth-order valence-electron chi connectivity index (χ4n) is 1.84. The summed E-state index contributed by atoms with van der Waals surface area (Å²) in [6.45, 7) is 2.38. The van der Waals surface area contributed by atoms with Gasteiger partial charge in [-0.05, 0) is 37.0 Å². The fraction of sp³-hybridized carbons (Fsp3) is 0.533. The van der Waals surface area contributed by atoms with Crippen molar-refractivity contribution in [3.63, 3.8) is 0 Å². The zero-order chi connectivity index (χ0) is 14.6. The van der Waals surface area contributed by atoms with Crippen LogP contribution in [0.3, 0.4) is 0 Å². The van der Waals surface area contributed by atoms with Gasteiger partial charge in [0.25, 0.3) is 0 Å². The zero-order valence-corrected chi connectivity index (χ0v) is 12.3. The van der Waals surface area contributed by atoms with E-state index in [2.05, 4.69) is 15.6 Å². The Kier molecular flexibility index (Phi) is 8.38. The third-order valence-electron chi connectivity index (χ3n) is 2.86. The van der Waals surface area contributed by atoms with E-state index in [4.69, 9.17) is 4.74 Å². The molecule has 0 aliphatic carbocycles. The molecule has 0 aliphatic rings. The number of aliphatic imine (C=N–C) groups is 1. The van der Waals surface area contributed by atoms with Crippen molar-refractivity contribution in [3.05, 3.63) is 35.6 Å². The molecular weight excluding hydrogens is 257 g/mol. The standard InChI is InChI=1S/C15H24FN3O/c1-17-15(19-10-5-11-20-2)18-9-4-7-13-6-3-8-14(16)12-13/h3,6,8,12H,4-5,7,9-11H2,1-2H3,(H2,17,18,19). The summed E-state index contributed by atoms with van der Waals surface area (Å²) in [5.74, 6) is 0.617. The van der Waals surface area contributed by atoms with Crippen LogP contribution in [-0.4, -0.2) is 39.8 Å². The second-order valence-electron chi connectivity index (χ2n) is 4.51. The summed E-state index contributed by atoms with van der Waals surface area (Å²) in [7, 11) is 3.44. The molecule has 0 amide bonds. The van der Waals surface area contributed by atoms with E-state index < -0.39 is 0 Å². The second kappa shape index (κ2) is 10.2. The molecule has 0 aromatic heterocycles. The number of methoxy groups -OCH3 is 1. The number of guanidine groups is 1. The van der Waals surface area contributed by atoms with Gasteiger partial charge in [0.1, 0.15) is 5.82 Å². The van der Waals surface area contributed by atoms with Gasteiger partial charge in [-0.25, -0.2) is 4.39 Å². The molecule has 0 unspecified atom stereocenters. The fourth-order valence-corrected chi connectivity index (χ4v) is 1.84. The van der Waals surface area contributed by atoms with Crippen LogP contribution in [0.1, 0.15) is 18.4 Å². The van der Waals surface area contributed by atoms with Crippen molar-refractivity contribution in [2.45, 2.75) is 19.3 Å². The lowest BCUT2D eigenvalue weighted by atomic mass is 10.1. The number of nitrogens with one attached hydrogen (secondary N) is 2. The maximum absolute atomic E-state index is 13.0. The highest BCUT2D eigenvalue weighted by Gasteiger charge is 1.98. The molecule has 4 nitrogen and oxygen atoms in total. The molecule has 0 heterocycles. The SMILES string of the molecule is CN=C(NCCCOC)NCCCc1cccc(F)c1. The van der Waals surface area contributed by atoms with E-state index in [9.17, 15) is 4.39 Å². The Hall–Kier alpha value is -1.62. The topological polar surface area (TPSA) is 45.7 Å². The first-order chi connectivity index (χ1) is 9.76. The highest BCUT2D eigenvalue weighted by atomic mass is 19.1. The molecule has 2 N–H and O–H groups in total. The molecule has 20 heavy (non-hydrogen) atoms. The summed E-state index contributed by atoms with van der Waals surface area (Å²) >= 11 is 0. The minimum Gasteiger partial charge on any atom is -0.385 e. The molecule has 0 radical (unpaired) electrons. The number of hydrogen-bond acceptors (Lipinski definition) is 2. The molecule has 1 aromatic carbocycles. The maximum Gasteiger partial charge on any atom is 0.190 e. The lowest BCUT2D eigenvalue weighted by Gasteiger charge is -2.11. The van der Waals surface area contributed by atoms with Gasteiger partial charge >= 0.3 is 0 Å². The molecule has 1 rings (SSSR count). The van der Waals surface area contributed by atoms with Crippen molar-refractivity contribution < 1.29 is 9.13 Å². The smallest absolute Gasteiger partial charge is 0.190 e. The summed E-state index contributed by atoms with van der Waals surface area (Å²) in [6, 6.07) is 6.74. The highest BCUT2D eigenvalue weighted by molar-refractivity contribution is 5.79. The lowest BCUT2D eigenvalue weighted by Crippen LogP contribution is -2.38. The molecule has 5 heteroatoms. The summed E-state index contributed by atoms with van der Waals surface area (Å²) < 4.78 is 18.0. The van der Waals surface area contributed by atoms with Gasteiger partial charge in [-0.3, -0.25) is 4.99 Å². The minimum atomic E-state index is -0.175. The van der Waals surface area contributed by atoms with Crippen LogP contribution >= 0.6 is 0 Å². The van der Waals surface area contributed by atoms with Crippen LogP contribution < -0.4 is 10.6 Å². The Morgan fingerprint density at radius 2 is 2.00 bits per heavy atom. The number of benzene rings is 1. The van der Waals surface area contributed by atoms with E-state index in [1.165, 1.54) is 6.07 Å². The molecule has 0 atom stereocenters. The highest BCUT2D eigenvalue weighted by Crippen LogP contribution is 2.05. The van der Waals surface area contributed by atoms with E-state index >= 15 is 0 Å². The van der Waals surface area contributed by atoms with E-state index in [-0.39, 0.29) is 5.82 Å². The van der Waals surface area contributed by atoms with Crippen LogP contribution in [0.4, 0.5) is 4.39 Å². The summed E-state index contributed by atoms with van der Waals surface area (Å²) in [6.07, 6.45) is 2.73. The lowest BCUT2D eigenvalue weighted by molar-refractivity contribution is 0.195. The van der Waals surface area contributed by atoms with Crippen molar-refractivity contribution in [2.24, 2.45) is 4.99 Å². The van der Waals surface area contributed by atoms with Gasteiger partial charge in [0.15, 0.2) is 5.96 Å². The number of aryl methyl sites for hydroxylation is 1. The van der Waals surface area contributed by atoms with Gasteiger partial charge in [0.2, 0.25) is 0 Å². The number of hydrogen-bond donors (Lipinski definition) is 2. The Bertz CT molecular complexity index is 410. The number of halogens is 1. The summed E-state index contributed by atoms with van der Waals surface area (Å²) in [5.41, 5.74) is 1.02. The van der Waals surface area contributed by atoms with Gasteiger partial charge in [0.05, 0.1) is 0 Å². The predicted molar refractivity (Wildman–Crippen MR) is 80.6 cm³/mol. The molecule has 0 spiro atoms. The van der Waals surface area contributed by atoms with E-state index in [1.54, 1.807) is 26.3 Å². The Balaban J connectivity index is 2.15. The van der Waals surface area contributed by atoms with Crippen molar-refractivity contribution in [2.75, 3.05) is 33.9 Å². The van der Waals surface area contributed by atoms with Crippen LogP contribution in [0, 0.1) is 5.82 Å². The van der Waals surface area contributed by atoms with Crippen LogP contribution in [0.15, 0.2) is 29.3 Å². The molecule has 1 aromatic rings. The zero-order valence-electron chi connectivity index (χ0n) is 12.3. The first-order valence-corrected chi connectivity index (χ1v) is 6.94. The monoisotopic (exact) mass is 281 g/mol. The molecule has 0 saturated carbocycles. The quantitative estimate of drug-likeness (QED) is 0.435. The van der Waals surface area contributed by atoms with Crippen LogP contribution in [0.2, 0.25) is 0 Å². The normalized spacial score (nSPS) is 11.4. The van der Waals surface area contributed by atoms with Gasteiger partial charge < -0.3 is 15.4 Å². The third kappa shape index (κ3) is 7.09. The largest absolute Gasteiger partial charge is 0.385 e. The summed E-state index contributed by atoms with van der Waals surface area (Å²) in [4.78, 5) is 4.14. The van der Waals surface area contributed by atoms with E-state index in [1.807, 2.05) is 6.07 Å². The predicted octanol–water partition coefficient (Wildman–Crippen LogP) is 1.96. The number of rotatable bonds is 8. The first kappa shape index (κ1) is 16.4. The number of ether oxygens (including phenoxy) is 1. The molecular formula is C15H24FN3O. The number of nitrogens with zero attached hydrogens (tertiary/aromatic N) is 1. The minimum absolute atomic E-state index is 0.175. The molecule has 0 bridgehead atoms. The average molecular weight is 281 g/mol. The van der Waals surface area contributed by atoms with Crippen molar-refractivity contribution in [1.29, 1.82) is 0 Å². The third-order valence-corrected chi connectivity index (χ3v) is 2.86. The van der Waals surface area contributed by atoms with Crippen LogP contribution in [0.25, 0.3) is 0 Å². The van der Waals surface area contributed by atoms with Crippen LogP contribution in [0.5, 0.6) is 0 Å². The Labute approximate surface area is 120 Å². The molecule has 112 valence electrons. The Morgan fingerprint density at radius 3 is 2.65 bits per heavy atom. The second-order valence-corrected chi connectivity index (χ2v) is 4.51. The molecule has 0 saturated heterocycles. The van der Waals surface area contributed by atoms with Crippen molar-refractivity contribution in [1.82, 2.24) is 10.6 Å². The van der Waals surface area contributed by atoms with E-state index in [0.717, 1.165) is 50.5 Å². The van der Waals surface area contributed by atoms with E-state index in [0.29, 0.717) is 0 Å². The summed E-state index contributed by atoms with van der Waals surface area (Å²) in [5, 5.41) is 6.45. The van der Waals surface area contributed by atoms with Gasteiger partial charge in [-0.1, -0.05) is 12.1 Å². The van der Waals surface area contributed by atoms with Gasteiger partial charge in [-0.2, -0.15) is 0 Å². The Morgan fingerprint density at radius 1 is 1.25 bits per heavy atom. The van der Waals surface area contributed by atoms with Gasteiger partial charge in [0, 0.05) is 33.9 Å². The van der Waals surface area contributed by atoms with Crippen molar-refractivity contribution in [3.8, 4) is 0 Å². The van der Waals surface area contributed by atoms with Crippen LogP contribution in [-0.2, 0) is 11.2 Å². The average Bonchev–Trinajstić information content (AvgIpc) is 2.46.